The number of nitrogens with one attached hydrogen (secondary N) is 1. The number of hydrogen-bond donors (Lipinski definition) is 2. The fraction of sp³-hybridized carbons (Fsp3) is 0.125. The Morgan fingerprint density at radius 3 is 2.75 bits per heavy atom. The molecule has 0 amide bonds. The van der Waals surface area contributed by atoms with E-state index < -0.39 is 16.0 Å². The third kappa shape index (κ3) is 2.95. The van der Waals surface area contributed by atoms with Gasteiger partial charge in [0.15, 0.2) is 0 Å². The van der Waals surface area contributed by atoms with E-state index >= 15 is 0 Å². The number of aromatic nitrogens is 2. The summed E-state index contributed by atoms with van der Waals surface area (Å²) in [6.07, 6.45) is 1.72. The van der Waals surface area contributed by atoms with Gasteiger partial charge in [0.2, 0.25) is 0 Å². The number of hydrogen-bond acceptors (Lipinski definition) is 4. The molecular weight excluding hydrogens is 330 g/mol. The molecule has 0 fully saturated rings. The van der Waals surface area contributed by atoms with Crippen LogP contribution in [-0.2, 0) is 16.6 Å². The molecule has 0 aliphatic heterocycles. The molecule has 0 spiro atoms. The first kappa shape index (κ1) is 16.0. The molecule has 0 aliphatic rings. The van der Waals surface area contributed by atoms with Gasteiger partial charge in [-0.1, -0.05) is 6.07 Å². The molecule has 8 heteroatoms. The molecule has 124 valence electrons. The molecule has 0 bridgehead atoms. The standard InChI is InChI=1S/C16H15N3O4S/c1-2-19-15-9-13(7-6-12(15)10-17-19)18-24(22,23)14-5-3-4-11(8-14)16(20)21/h3-10,18H,2H2,1H3,(H,20,21). The lowest BCUT2D eigenvalue weighted by molar-refractivity contribution is 0.0696. The Morgan fingerprint density at radius 2 is 2.04 bits per heavy atom. The van der Waals surface area contributed by atoms with E-state index in [-0.39, 0.29) is 10.5 Å². The molecule has 0 unspecified atom stereocenters. The molecule has 3 aromatic rings. The van der Waals surface area contributed by atoms with Crippen LogP contribution in [0.5, 0.6) is 0 Å². The van der Waals surface area contributed by atoms with Gasteiger partial charge >= 0.3 is 5.97 Å². The lowest BCUT2D eigenvalue weighted by atomic mass is 10.2. The van der Waals surface area contributed by atoms with E-state index in [1.165, 1.54) is 18.2 Å². The minimum Gasteiger partial charge on any atom is -0.478 e. The molecule has 0 radical (unpaired) electrons. The van der Waals surface area contributed by atoms with Gasteiger partial charge in [0.05, 0.1) is 27.9 Å². The van der Waals surface area contributed by atoms with E-state index in [9.17, 15) is 13.2 Å². The highest BCUT2D eigenvalue weighted by molar-refractivity contribution is 7.92. The number of nitrogens with zero attached hydrogens (tertiary/aromatic N) is 2. The Balaban J connectivity index is 1.97. The molecule has 2 aromatic carbocycles. The van der Waals surface area contributed by atoms with Crippen LogP contribution >= 0.6 is 0 Å². The minimum absolute atomic E-state index is 0.0858. The molecule has 1 heterocycles. The summed E-state index contributed by atoms with van der Waals surface area (Å²) in [6, 6.07) is 10.3. The first-order chi connectivity index (χ1) is 11.4. The Bertz CT molecular complexity index is 1020. The van der Waals surface area contributed by atoms with Gasteiger partial charge in [-0.15, -0.1) is 0 Å². The monoisotopic (exact) mass is 345 g/mol. The zero-order valence-electron chi connectivity index (χ0n) is 12.8. The van der Waals surface area contributed by atoms with E-state index in [0.29, 0.717) is 12.2 Å². The molecule has 0 saturated carbocycles. The van der Waals surface area contributed by atoms with Crippen LogP contribution in [0.25, 0.3) is 10.9 Å². The van der Waals surface area contributed by atoms with E-state index in [0.717, 1.165) is 17.0 Å². The highest BCUT2D eigenvalue weighted by Gasteiger charge is 2.17. The second-order valence-corrected chi connectivity index (χ2v) is 6.85. The zero-order valence-corrected chi connectivity index (χ0v) is 13.6. The predicted octanol–water partition coefficient (Wildman–Crippen LogP) is 2.56. The number of carboxylic acid groups (broad SMARTS) is 1. The van der Waals surface area contributed by atoms with Crippen molar-refractivity contribution in [1.29, 1.82) is 0 Å². The number of sulfonamides is 1. The second-order valence-electron chi connectivity index (χ2n) is 5.17. The van der Waals surface area contributed by atoms with Crippen LogP contribution in [0.15, 0.2) is 53.6 Å². The van der Waals surface area contributed by atoms with Crippen LogP contribution in [0.4, 0.5) is 5.69 Å². The smallest absolute Gasteiger partial charge is 0.335 e. The summed E-state index contributed by atoms with van der Waals surface area (Å²) >= 11 is 0. The maximum Gasteiger partial charge on any atom is 0.335 e. The average Bonchev–Trinajstić information content (AvgIpc) is 2.97. The van der Waals surface area contributed by atoms with Gasteiger partial charge in [-0.05, 0) is 43.3 Å². The maximum atomic E-state index is 12.5. The first-order valence-electron chi connectivity index (χ1n) is 7.22. The molecule has 24 heavy (non-hydrogen) atoms. The summed E-state index contributed by atoms with van der Waals surface area (Å²) in [5.74, 6) is -1.18. The number of anilines is 1. The van der Waals surface area contributed by atoms with Crippen LogP contribution < -0.4 is 4.72 Å². The number of aromatic carboxylic acids is 1. The zero-order chi connectivity index (χ0) is 17.3. The molecule has 1 aromatic heterocycles. The highest BCUT2D eigenvalue weighted by atomic mass is 32.2. The summed E-state index contributed by atoms with van der Waals surface area (Å²) in [5, 5.41) is 14.1. The molecule has 7 nitrogen and oxygen atoms in total. The quantitative estimate of drug-likeness (QED) is 0.740. The summed E-state index contributed by atoms with van der Waals surface area (Å²) in [7, 11) is -3.88. The summed E-state index contributed by atoms with van der Waals surface area (Å²) < 4.78 is 29.2. The van der Waals surface area contributed by atoms with Crippen molar-refractivity contribution < 1.29 is 18.3 Å². The van der Waals surface area contributed by atoms with Crippen LogP contribution in [0.3, 0.4) is 0 Å². The molecule has 2 N–H and O–H groups in total. The van der Waals surface area contributed by atoms with Gasteiger partial charge in [0, 0.05) is 11.9 Å². The first-order valence-corrected chi connectivity index (χ1v) is 8.71. The highest BCUT2D eigenvalue weighted by Crippen LogP contribution is 2.22. The van der Waals surface area contributed by atoms with Gasteiger partial charge in [-0.3, -0.25) is 9.40 Å². The van der Waals surface area contributed by atoms with Crippen molar-refractivity contribution in [3.63, 3.8) is 0 Å². The van der Waals surface area contributed by atoms with Crippen molar-refractivity contribution in [2.45, 2.75) is 18.4 Å². The SMILES string of the molecule is CCn1ncc2ccc(NS(=O)(=O)c3cccc(C(=O)O)c3)cc21. The molecular formula is C16H15N3O4S. The van der Waals surface area contributed by atoms with Crippen LogP contribution in [-0.4, -0.2) is 29.3 Å². The topological polar surface area (TPSA) is 101 Å². The number of carboxylic acids is 1. The van der Waals surface area contributed by atoms with E-state index in [1.54, 1.807) is 29.1 Å². The van der Waals surface area contributed by atoms with Crippen molar-refractivity contribution in [2.24, 2.45) is 0 Å². The molecule has 3 rings (SSSR count). The van der Waals surface area contributed by atoms with Crippen LogP contribution in [0, 0.1) is 0 Å². The number of benzene rings is 2. The third-order valence-electron chi connectivity index (χ3n) is 3.59. The van der Waals surface area contributed by atoms with Gasteiger partial charge in [-0.25, -0.2) is 13.2 Å². The average molecular weight is 345 g/mol. The van der Waals surface area contributed by atoms with E-state index in [2.05, 4.69) is 9.82 Å². The van der Waals surface area contributed by atoms with Gasteiger partial charge in [-0.2, -0.15) is 5.10 Å². The van der Waals surface area contributed by atoms with Gasteiger partial charge < -0.3 is 5.11 Å². The number of carbonyl (C=O) groups is 1. The van der Waals surface area contributed by atoms with Gasteiger partial charge in [0.25, 0.3) is 10.0 Å². The van der Waals surface area contributed by atoms with E-state index in [1.807, 2.05) is 6.92 Å². The minimum atomic E-state index is -3.88. The normalized spacial score (nSPS) is 11.5. The van der Waals surface area contributed by atoms with Crippen molar-refractivity contribution >= 4 is 32.6 Å². The predicted molar refractivity (Wildman–Crippen MR) is 89.6 cm³/mol. The number of fused-ring (bicyclic) bond motifs is 1. The molecule has 0 atom stereocenters. The lowest BCUT2D eigenvalue weighted by Crippen LogP contribution is -2.13. The summed E-state index contributed by atoms with van der Waals surface area (Å²) in [6.45, 7) is 2.61. The van der Waals surface area contributed by atoms with Crippen molar-refractivity contribution in [3.05, 3.63) is 54.2 Å². The molecule has 0 aliphatic carbocycles. The molecule has 0 saturated heterocycles. The van der Waals surface area contributed by atoms with Crippen molar-refractivity contribution in [3.8, 4) is 0 Å². The Hall–Kier alpha value is -2.87. The fourth-order valence-electron chi connectivity index (χ4n) is 2.40. The second kappa shape index (κ2) is 5.97. The third-order valence-corrected chi connectivity index (χ3v) is 4.97. The Kier molecular flexibility index (Phi) is 3.98. The van der Waals surface area contributed by atoms with Gasteiger partial charge in [0.1, 0.15) is 0 Å². The van der Waals surface area contributed by atoms with E-state index in [4.69, 9.17) is 5.11 Å². The maximum absolute atomic E-state index is 12.5. The summed E-state index contributed by atoms with van der Waals surface area (Å²) in [5.41, 5.74) is 1.12. The van der Waals surface area contributed by atoms with Crippen molar-refractivity contribution in [1.82, 2.24) is 9.78 Å². The summed E-state index contributed by atoms with van der Waals surface area (Å²) in [4.78, 5) is 10.9. The van der Waals surface area contributed by atoms with Crippen molar-refractivity contribution in [2.75, 3.05) is 4.72 Å². The van der Waals surface area contributed by atoms with Crippen LogP contribution in [0.2, 0.25) is 0 Å². The largest absolute Gasteiger partial charge is 0.478 e. The van der Waals surface area contributed by atoms with Crippen LogP contribution in [0.1, 0.15) is 17.3 Å². The number of rotatable bonds is 5. The number of aryl methyl sites for hydroxylation is 1. The lowest BCUT2D eigenvalue weighted by Gasteiger charge is -2.09. The Morgan fingerprint density at radius 1 is 1.25 bits per heavy atom. The Labute approximate surface area is 138 Å². The fourth-order valence-corrected chi connectivity index (χ4v) is 3.49.